The molecular weight excluding hydrogens is 451 g/mol. The lowest BCUT2D eigenvalue weighted by Gasteiger charge is -2.32. The van der Waals surface area contributed by atoms with E-state index in [0.29, 0.717) is 11.4 Å². The zero-order valence-electron chi connectivity index (χ0n) is 19.5. The second-order valence-corrected chi connectivity index (χ2v) is 8.91. The van der Waals surface area contributed by atoms with Crippen LogP contribution in [0.15, 0.2) is 78.9 Å². The molecule has 0 aromatic heterocycles. The van der Waals surface area contributed by atoms with E-state index in [-0.39, 0.29) is 36.6 Å². The molecule has 0 unspecified atom stereocenters. The second-order valence-electron chi connectivity index (χ2n) is 8.47. The summed E-state index contributed by atoms with van der Waals surface area (Å²) in [6, 6.07) is 22.0. The van der Waals surface area contributed by atoms with Gasteiger partial charge in [-0.25, -0.2) is 4.39 Å². The van der Waals surface area contributed by atoms with E-state index in [2.05, 4.69) is 5.32 Å². The molecule has 34 heavy (non-hydrogen) atoms. The zero-order valence-corrected chi connectivity index (χ0v) is 20.3. The molecule has 0 saturated heterocycles. The fourth-order valence-corrected chi connectivity index (χ4v) is 3.79. The molecule has 3 aromatic carbocycles. The van der Waals surface area contributed by atoms with Gasteiger partial charge in [-0.15, -0.1) is 0 Å². The lowest BCUT2D eigenvalue weighted by molar-refractivity contribution is -0.141. The Kier molecular flexibility index (Phi) is 9.23. The van der Waals surface area contributed by atoms with Crippen molar-refractivity contribution in [1.82, 2.24) is 10.2 Å². The van der Waals surface area contributed by atoms with Crippen LogP contribution in [0.5, 0.6) is 0 Å². The summed E-state index contributed by atoms with van der Waals surface area (Å²) in [6.45, 7) is 4.13. The van der Waals surface area contributed by atoms with Gasteiger partial charge in [-0.1, -0.05) is 73.1 Å². The molecular formula is C28H30ClFN2O2. The lowest BCUT2D eigenvalue weighted by Crippen LogP contribution is -2.52. The molecule has 0 heterocycles. The minimum absolute atomic E-state index is 0.0233. The summed E-state index contributed by atoms with van der Waals surface area (Å²) in [5.41, 5.74) is 2.51. The highest BCUT2D eigenvalue weighted by molar-refractivity contribution is 6.30. The lowest BCUT2D eigenvalue weighted by atomic mass is 10.0. The van der Waals surface area contributed by atoms with Crippen LogP contribution in [-0.2, 0) is 29.0 Å². The van der Waals surface area contributed by atoms with Gasteiger partial charge in [0.15, 0.2) is 0 Å². The molecule has 0 spiro atoms. The van der Waals surface area contributed by atoms with Gasteiger partial charge in [0.25, 0.3) is 0 Å². The number of nitrogens with one attached hydrogen (secondary N) is 1. The van der Waals surface area contributed by atoms with Gasteiger partial charge in [-0.05, 0) is 54.3 Å². The van der Waals surface area contributed by atoms with Gasteiger partial charge in [-0.3, -0.25) is 9.59 Å². The van der Waals surface area contributed by atoms with Gasteiger partial charge in [0, 0.05) is 24.0 Å². The van der Waals surface area contributed by atoms with Crippen molar-refractivity contribution in [3.63, 3.8) is 0 Å². The average Bonchev–Trinajstić information content (AvgIpc) is 2.84. The summed E-state index contributed by atoms with van der Waals surface area (Å²) in [5.74, 6) is -0.741. The van der Waals surface area contributed by atoms with Crippen molar-refractivity contribution in [2.45, 2.75) is 51.7 Å². The maximum Gasteiger partial charge on any atom is 0.243 e. The summed E-state index contributed by atoms with van der Waals surface area (Å²) in [7, 11) is 0. The van der Waals surface area contributed by atoms with Gasteiger partial charge in [0.1, 0.15) is 11.9 Å². The molecule has 0 bridgehead atoms. The normalized spacial score (nSPS) is 12.6. The van der Waals surface area contributed by atoms with Crippen molar-refractivity contribution in [3.8, 4) is 0 Å². The van der Waals surface area contributed by atoms with E-state index >= 15 is 0 Å². The molecule has 3 aromatic rings. The Balaban J connectivity index is 1.95. The number of halogens is 2. The first-order valence-electron chi connectivity index (χ1n) is 11.5. The second kappa shape index (κ2) is 12.3. The van der Waals surface area contributed by atoms with E-state index in [1.165, 1.54) is 12.1 Å². The van der Waals surface area contributed by atoms with Crippen LogP contribution in [0.1, 0.15) is 37.0 Å². The number of hydrogen-bond donors (Lipinski definition) is 1. The third-order valence-electron chi connectivity index (χ3n) is 5.81. The molecule has 178 valence electrons. The van der Waals surface area contributed by atoms with Crippen LogP contribution in [0.3, 0.4) is 0 Å². The smallest absolute Gasteiger partial charge is 0.243 e. The molecule has 0 radical (unpaired) electrons. The van der Waals surface area contributed by atoms with Crippen LogP contribution >= 0.6 is 11.6 Å². The first-order chi connectivity index (χ1) is 16.4. The number of amides is 2. The minimum atomic E-state index is -0.721. The molecule has 0 aliphatic rings. The number of benzene rings is 3. The summed E-state index contributed by atoms with van der Waals surface area (Å²) < 4.78 is 13.5. The largest absolute Gasteiger partial charge is 0.352 e. The maximum atomic E-state index is 13.6. The predicted octanol–water partition coefficient (Wildman–Crippen LogP) is 5.58. The molecule has 4 nitrogen and oxygen atoms in total. The molecule has 0 fully saturated rings. The Morgan fingerprint density at radius 3 is 2.15 bits per heavy atom. The quantitative estimate of drug-likeness (QED) is 0.412. The highest BCUT2D eigenvalue weighted by Crippen LogP contribution is 2.18. The third-order valence-corrected chi connectivity index (χ3v) is 6.06. The van der Waals surface area contributed by atoms with E-state index in [0.717, 1.165) is 23.1 Å². The van der Waals surface area contributed by atoms with Crippen LogP contribution in [-0.4, -0.2) is 28.8 Å². The molecule has 0 saturated carbocycles. The molecule has 6 heteroatoms. The number of carbonyl (C=O) groups is 2. The maximum absolute atomic E-state index is 13.6. The standard InChI is InChI=1S/C28H30ClFN2O2/c1-3-20(2)31-28(34)26(17-21-7-5-4-6-8-21)32(19-23-11-15-25(30)16-12-23)27(33)18-22-9-13-24(29)14-10-22/h4-16,20,26H,3,17-19H2,1-2H3,(H,31,34)/t20-,26+/m0/s1. The topological polar surface area (TPSA) is 49.4 Å². The van der Waals surface area contributed by atoms with Crippen molar-refractivity contribution in [2.75, 3.05) is 0 Å². The van der Waals surface area contributed by atoms with Gasteiger partial charge < -0.3 is 10.2 Å². The van der Waals surface area contributed by atoms with Crippen LogP contribution in [0.25, 0.3) is 0 Å². The van der Waals surface area contributed by atoms with Gasteiger partial charge in [-0.2, -0.15) is 0 Å². The summed E-state index contributed by atoms with van der Waals surface area (Å²) in [6.07, 6.45) is 1.28. The number of carbonyl (C=O) groups excluding carboxylic acids is 2. The first-order valence-corrected chi connectivity index (χ1v) is 11.9. The number of nitrogens with zero attached hydrogens (tertiary/aromatic N) is 1. The van der Waals surface area contributed by atoms with E-state index < -0.39 is 6.04 Å². The Morgan fingerprint density at radius 2 is 1.53 bits per heavy atom. The highest BCUT2D eigenvalue weighted by Gasteiger charge is 2.31. The molecule has 2 amide bonds. The van der Waals surface area contributed by atoms with Gasteiger partial charge in [0.05, 0.1) is 6.42 Å². The van der Waals surface area contributed by atoms with Crippen molar-refractivity contribution in [2.24, 2.45) is 0 Å². The van der Waals surface area contributed by atoms with Crippen molar-refractivity contribution >= 4 is 23.4 Å². The fraction of sp³-hybridized carbons (Fsp3) is 0.286. The molecule has 1 N–H and O–H groups in total. The number of hydrogen-bond acceptors (Lipinski definition) is 2. The van der Waals surface area contributed by atoms with E-state index in [9.17, 15) is 14.0 Å². The van der Waals surface area contributed by atoms with Crippen molar-refractivity contribution in [3.05, 3.63) is 106 Å². The monoisotopic (exact) mass is 480 g/mol. The fourth-order valence-electron chi connectivity index (χ4n) is 3.66. The van der Waals surface area contributed by atoms with E-state index in [4.69, 9.17) is 11.6 Å². The van der Waals surface area contributed by atoms with Gasteiger partial charge in [0.2, 0.25) is 11.8 Å². The molecule has 3 rings (SSSR count). The van der Waals surface area contributed by atoms with E-state index in [1.54, 1.807) is 29.2 Å². The van der Waals surface area contributed by atoms with E-state index in [1.807, 2.05) is 56.3 Å². The summed E-state index contributed by atoms with van der Waals surface area (Å²) in [5, 5.41) is 3.63. The Hall–Kier alpha value is -3.18. The van der Waals surface area contributed by atoms with Gasteiger partial charge >= 0.3 is 0 Å². The average molecular weight is 481 g/mol. The van der Waals surface area contributed by atoms with Crippen LogP contribution in [0, 0.1) is 5.82 Å². The third kappa shape index (κ3) is 7.42. The van der Waals surface area contributed by atoms with Crippen molar-refractivity contribution < 1.29 is 14.0 Å². The molecule has 2 atom stereocenters. The molecule has 0 aliphatic carbocycles. The molecule has 0 aliphatic heterocycles. The highest BCUT2D eigenvalue weighted by atomic mass is 35.5. The van der Waals surface area contributed by atoms with Crippen LogP contribution in [0.4, 0.5) is 4.39 Å². The first kappa shape index (κ1) is 25.4. The Bertz CT molecular complexity index is 1070. The summed E-state index contributed by atoms with van der Waals surface area (Å²) >= 11 is 6.00. The minimum Gasteiger partial charge on any atom is -0.352 e. The predicted molar refractivity (Wildman–Crippen MR) is 134 cm³/mol. The Morgan fingerprint density at radius 1 is 0.912 bits per heavy atom. The zero-order chi connectivity index (χ0) is 24.5. The SMILES string of the molecule is CC[C@H](C)NC(=O)[C@@H](Cc1ccccc1)N(Cc1ccc(F)cc1)C(=O)Cc1ccc(Cl)cc1. The van der Waals surface area contributed by atoms with Crippen molar-refractivity contribution in [1.29, 1.82) is 0 Å². The number of rotatable bonds is 10. The summed E-state index contributed by atoms with van der Waals surface area (Å²) in [4.78, 5) is 28.6. The van der Waals surface area contributed by atoms with Crippen LogP contribution < -0.4 is 5.32 Å². The Labute approximate surface area is 205 Å². The van der Waals surface area contributed by atoms with Crippen LogP contribution in [0.2, 0.25) is 5.02 Å².